The first-order chi connectivity index (χ1) is 9.52. The number of carbonyl (C=O) groups excluding carboxylic acids is 1. The molecule has 0 aromatic heterocycles. The maximum atomic E-state index is 12.3. The second kappa shape index (κ2) is 8.74. The molecule has 0 radical (unpaired) electrons. The average Bonchev–Trinajstić information content (AvgIpc) is 2.37. The minimum Gasteiger partial charge on any atom is -0.493 e. The van der Waals surface area contributed by atoms with Crippen molar-refractivity contribution in [1.29, 1.82) is 0 Å². The molecule has 1 rings (SSSR count). The summed E-state index contributed by atoms with van der Waals surface area (Å²) in [6.07, 6.45) is -2.50. The Hall–Kier alpha value is -1.36. The number of alkyl halides is 3. The van der Waals surface area contributed by atoms with Gasteiger partial charge in [0.05, 0.1) is 19.6 Å². The first kappa shape index (κ1) is 16.7. The molecule has 112 valence electrons. The molecule has 0 saturated carbocycles. The fourth-order valence-corrected chi connectivity index (χ4v) is 1.91. The van der Waals surface area contributed by atoms with Gasteiger partial charge in [0.25, 0.3) is 6.43 Å². The van der Waals surface area contributed by atoms with Crippen molar-refractivity contribution >= 4 is 17.5 Å². The molecule has 0 aliphatic carbocycles. The lowest BCUT2D eigenvalue weighted by Gasteiger charge is -2.21. The van der Waals surface area contributed by atoms with Crippen LogP contribution in [0.1, 0.15) is 12.0 Å². The van der Waals surface area contributed by atoms with Crippen molar-refractivity contribution in [2.45, 2.75) is 19.8 Å². The molecule has 0 bridgehead atoms. The standard InChI is InChI=1S/C14H18ClF2NO2/c1-11-3-2-4-12(9-11)20-8-5-14(19)18(7-6-15)10-13(16)17/h2-4,9,13H,5-8,10H2,1H3. The summed E-state index contributed by atoms with van der Waals surface area (Å²) in [5.41, 5.74) is 1.05. The number of amides is 1. The lowest BCUT2D eigenvalue weighted by Crippen LogP contribution is -2.37. The van der Waals surface area contributed by atoms with E-state index in [1.165, 1.54) is 0 Å². The number of aryl methyl sites for hydroxylation is 1. The molecule has 0 saturated heterocycles. The Morgan fingerprint density at radius 3 is 2.80 bits per heavy atom. The van der Waals surface area contributed by atoms with Crippen LogP contribution in [0.5, 0.6) is 5.75 Å². The van der Waals surface area contributed by atoms with Gasteiger partial charge in [-0.3, -0.25) is 4.79 Å². The van der Waals surface area contributed by atoms with Crippen molar-refractivity contribution in [2.24, 2.45) is 0 Å². The highest BCUT2D eigenvalue weighted by molar-refractivity contribution is 6.18. The first-order valence-corrected chi connectivity index (χ1v) is 6.87. The molecule has 1 aromatic rings. The molecule has 0 aliphatic rings. The van der Waals surface area contributed by atoms with Crippen molar-refractivity contribution in [3.63, 3.8) is 0 Å². The average molecular weight is 306 g/mol. The van der Waals surface area contributed by atoms with E-state index in [9.17, 15) is 13.6 Å². The van der Waals surface area contributed by atoms with Gasteiger partial charge in [-0.15, -0.1) is 11.6 Å². The summed E-state index contributed by atoms with van der Waals surface area (Å²) in [7, 11) is 0. The van der Waals surface area contributed by atoms with Crippen LogP contribution >= 0.6 is 11.6 Å². The molecule has 6 heteroatoms. The van der Waals surface area contributed by atoms with Crippen LogP contribution in [0.4, 0.5) is 8.78 Å². The SMILES string of the molecule is Cc1cccc(OCCC(=O)N(CCCl)CC(F)F)c1. The number of hydrogen-bond acceptors (Lipinski definition) is 2. The van der Waals surface area contributed by atoms with Gasteiger partial charge >= 0.3 is 0 Å². The minimum absolute atomic E-state index is 0.0531. The molecule has 0 atom stereocenters. The third kappa shape index (κ3) is 6.19. The Kier molecular flexibility index (Phi) is 7.30. The summed E-state index contributed by atoms with van der Waals surface area (Å²) in [5, 5.41) is 0. The van der Waals surface area contributed by atoms with Gasteiger partial charge in [0, 0.05) is 12.4 Å². The van der Waals surface area contributed by atoms with Gasteiger partial charge in [-0.1, -0.05) is 12.1 Å². The summed E-state index contributed by atoms with van der Waals surface area (Å²) >= 11 is 5.50. The second-order valence-electron chi connectivity index (χ2n) is 4.33. The zero-order valence-corrected chi connectivity index (χ0v) is 12.1. The number of rotatable bonds is 8. The number of hydrogen-bond donors (Lipinski definition) is 0. The number of carbonyl (C=O) groups is 1. The summed E-state index contributed by atoms with van der Waals surface area (Å²) in [5.74, 6) is 0.422. The van der Waals surface area contributed by atoms with Crippen molar-refractivity contribution in [3.05, 3.63) is 29.8 Å². The molecule has 0 spiro atoms. The zero-order chi connectivity index (χ0) is 15.0. The van der Waals surface area contributed by atoms with Crippen LogP contribution in [0, 0.1) is 6.92 Å². The van der Waals surface area contributed by atoms with E-state index in [2.05, 4.69) is 0 Å². The van der Waals surface area contributed by atoms with Crippen LogP contribution in [0.15, 0.2) is 24.3 Å². The molecule has 20 heavy (non-hydrogen) atoms. The van der Waals surface area contributed by atoms with Gasteiger partial charge in [-0.05, 0) is 24.6 Å². The Morgan fingerprint density at radius 1 is 1.45 bits per heavy atom. The summed E-state index contributed by atoms with van der Waals surface area (Å²) in [4.78, 5) is 12.8. The fourth-order valence-electron chi connectivity index (χ4n) is 1.71. The molecular weight excluding hydrogens is 288 g/mol. The number of nitrogens with zero attached hydrogens (tertiary/aromatic N) is 1. The highest BCUT2D eigenvalue weighted by Crippen LogP contribution is 2.12. The first-order valence-electron chi connectivity index (χ1n) is 6.34. The zero-order valence-electron chi connectivity index (χ0n) is 11.3. The van der Waals surface area contributed by atoms with Gasteiger partial charge < -0.3 is 9.64 Å². The molecule has 0 unspecified atom stereocenters. The van der Waals surface area contributed by atoms with E-state index in [1.807, 2.05) is 25.1 Å². The van der Waals surface area contributed by atoms with E-state index < -0.39 is 13.0 Å². The Balaban J connectivity index is 2.40. The quantitative estimate of drug-likeness (QED) is 0.691. The maximum Gasteiger partial charge on any atom is 0.255 e. The molecular formula is C14H18ClF2NO2. The van der Waals surface area contributed by atoms with E-state index >= 15 is 0 Å². The number of benzene rings is 1. The predicted molar refractivity (Wildman–Crippen MR) is 74.6 cm³/mol. The van der Waals surface area contributed by atoms with E-state index in [4.69, 9.17) is 16.3 Å². The van der Waals surface area contributed by atoms with Crippen LogP contribution in [-0.4, -0.2) is 42.8 Å². The summed E-state index contributed by atoms with van der Waals surface area (Å²) in [6.45, 7) is 1.62. The Bertz CT molecular complexity index is 429. The number of ether oxygens (including phenoxy) is 1. The van der Waals surface area contributed by atoms with Crippen LogP contribution in [0.2, 0.25) is 0 Å². The van der Waals surface area contributed by atoms with E-state index in [-0.39, 0.29) is 31.4 Å². The molecule has 0 aliphatic heterocycles. The Morgan fingerprint density at radius 2 is 2.20 bits per heavy atom. The monoisotopic (exact) mass is 305 g/mol. The lowest BCUT2D eigenvalue weighted by molar-refractivity contribution is -0.133. The van der Waals surface area contributed by atoms with Gasteiger partial charge in [-0.2, -0.15) is 0 Å². The highest BCUT2D eigenvalue weighted by atomic mass is 35.5. The van der Waals surface area contributed by atoms with Crippen molar-refractivity contribution in [1.82, 2.24) is 4.90 Å². The van der Waals surface area contributed by atoms with E-state index in [1.54, 1.807) is 6.07 Å². The van der Waals surface area contributed by atoms with Gasteiger partial charge in [-0.25, -0.2) is 8.78 Å². The molecule has 1 amide bonds. The summed E-state index contributed by atoms with van der Waals surface area (Å²) < 4.78 is 30.1. The van der Waals surface area contributed by atoms with E-state index in [0.717, 1.165) is 10.5 Å². The lowest BCUT2D eigenvalue weighted by atomic mass is 10.2. The summed E-state index contributed by atoms with van der Waals surface area (Å²) in [6, 6.07) is 7.42. The van der Waals surface area contributed by atoms with Crippen LogP contribution in [0.25, 0.3) is 0 Å². The van der Waals surface area contributed by atoms with Gasteiger partial charge in [0.15, 0.2) is 0 Å². The van der Waals surface area contributed by atoms with Gasteiger partial charge in [0.2, 0.25) is 5.91 Å². The maximum absolute atomic E-state index is 12.3. The minimum atomic E-state index is -2.56. The normalized spacial score (nSPS) is 10.7. The third-order valence-electron chi connectivity index (χ3n) is 2.64. The third-order valence-corrected chi connectivity index (χ3v) is 2.81. The molecule has 0 N–H and O–H groups in total. The number of halogens is 3. The van der Waals surface area contributed by atoms with Crippen molar-refractivity contribution in [3.8, 4) is 5.75 Å². The molecule has 1 aromatic carbocycles. The second-order valence-corrected chi connectivity index (χ2v) is 4.71. The van der Waals surface area contributed by atoms with Crippen molar-refractivity contribution in [2.75, 3.05) is 25.6 Å². The largest absolute Gasteiger partial charge is 0.493 e. The molecule has 0 heterocycles. The van der Waals surface area contributed by atoms with Crippen molar-refractivity contribution < 1.29 is 18.3 Å². The van der Waals surface area contributed by atoms with Crippen LogP contribution in [-0.2, 0) is 4.79 Å². The van der Waals surface area contributed by atoms with Gasteiger partial charge in [0.1, 0.15) is 5.75 Å². The smallest absolute Gasteiger partial charge is 0.255 e. The molecule has 3 nitrogen and oxygen atoms in total. The topological polar surface area (TPSA) is 29.5 Å². The van der Waals surface area contributed by atoms with Crippen LogP contribution < -0.4 is 4.74 Å². The molecule has 0 fully saturated rings. The van der Waals surface area contributed by atoms with E-state index in [0.29, 0.717) is 5.75 Å². The predicted octanol–water partition coefficient (Wildman–Crippen LogP) is 3.10. The fraction of sp³-hybridized carbons (Fsp3) is 0.500. The Labute approximate surface area is 122 Å². The highest BCUT2D eigenvalue weighted by Gasteiger charge is 2.17. The van der Waals surface area contributed by atoms with Crippen LogP contribution in [0.3, 0.4) is 0 Å².